The number of hydrogen-bond acceptors (Lipinski definition) is 8. The van der Waals surface area contributed by atoms with Crippen LogP contribution in [0.4, 0.5) is 0 Å². The Balaban J connectivity index is 1.61. The average molecular weight is 452 g/mol. The Hall–Kier alpha value is -3.59. The van der Waals surface area contributed by atoms with Crippen LogP contribution in [-0.2, 0) is 21.8 Å². The number of aromatic nitrogens is 3. The molecule has 2 aromatic carbocycles. The van der Waals surface area contributed by atoms with Crippen molar-refractivity contribution in [2.45, 2.75) is 23.9 Å². The Bertz CT molecular complexity index is 1310. The van der Waals surface area contributed by atoms with Gasteiger partial charge in [-0.25, -0.2) is 4.98 Å². The van der Waals surface area contributed by atoms with Gasteiger partial charge in [0.1, 0.15) is 17.2 Å². The lowest BCUT2D eigenvalue weighted by Gasteiger charge is -2.12. The number of ether oxygens (including phenoxy) is 2. The van der Waals surface area contributed by atoms with E-state index in [1.165, 1.54) is 23.4 Å². The number of fused-ring (bicyclic) bond motifs is 1. The van der Waals surface area contributed by atoms with E-state index in [0.29, 0.717) is 39.0 Å². The molecular formula is C23H21N3O5S. The predicted octanol–water partition coefficient (Wildman–Crippen LogP) is 3.92. The second-order valence-electron chi connectivity index (χ2n) is 6.86. The first-order valence-corrected chi connectivity index (χ1v) is 10.9. The summed E-state index contributed by atoms with van der Waals surface area (Å²) in [5, 5.41) is 5.14. The molecule has 0 aliphatic rings. The first kappa shape index (κ1) is 21.6. The third kappa shape index (κ3) is 4.52. The normalized spacial score (nSPS) is 10.9. The van der Waals surface area contributed by atoms with Crippen molar-refractivity contribution >= 4 is 28.6 Å². The average Bonchev–Trinajstić information content (AvgIpc) is 3.31. The van der Waals surface area contributed by atoms with Crippen LogP contribution in [0.25, 0.3) is 22.2 Å². The minimum absolute atomic E-state index is 0.0737. The maximum absolute atomic E-state index is 13.0. The van der Waals surface area contributed by atoms with Gasteiger partial charge in [-0.3, -0.25) is 14.2 Å². The van der Waals surface area contributed by atoms with Gasteiger partial charge >= 0.3 is 5.97 Å². The number of thioether (sulfide) groups is 1. The molecule has 2 aromatic heterocycles. The van der Waals surface area contributed by atoms with Crippen molar-refractivity contribution in [2.24, 2.45) is 0 Å². The molecule has 0 fully saturated rings. The fraction of sp³-hybridized carbons (Fsp3) is 0.217. The maximum atomic E-state index is 13.0. The summed E-state index contributed by atoms with van der Waals surface area (Å²) in [4.78, 5) is 29.3. The van der Waals surface area contributed by atoms with Crippen LogP contribution < -0.4 is 10.3 Å². The quantitative estimate of drug-likeness (QED) is 0.226. The molecule has 0 aliphatic heterocycles. The molecule has 9 heteroatoms. The van der Waals surface area contributed by atoms with E-state index in [2.05, 4.69) is 10.1 Å². The number of carbonyl (C=O) groups is 1. The summed E-state index contributed by atoms with van der Waals surface area (Å²) in [5.41, 5.74) is 1.89. The fourth-order valence-corrected chi connectivity index (χ4v) is 4.16. The molecule has 0 unspecified atom stereocenters. The second-order valence-corrected chi connectivity index (χ2v) is 7.80. The van der Waals surface area contributed by atoms with E-state index in [4.69, 9.17) is 14.0 Å². The van der Waals surface area contributed by atoms with Gasteiger partial charge in [0.15, 0.2) is 5.16 Å². The van der Waals surface area contributed by atoms with Gasteiger partial charge < -0.3 is 14.0 Å². The highest BCUT2D eigenvalue weighted by Gasteiger charge is 2.16. The van der Waals surface area contributed by atoms with Crippen LogP contribution >= 0.6 is 11.8 Å². The van der Waals surface area contributed by atoms with E-state index < -0.39 is 5.97 Å². The maximum Gasteiger partial charge on any atom is 0.307 e. The molecule has 4 rings (SSSR count). The SMILES string of the molecule is COC(=O)CCn1c(SCc2cc(-c3ccccc3OC)no2)nc2ccccc2c1=O. The summed E-state index contributed by atoms with van der Waals surface area (Å²) in [5.74, 6) is 1.34. The zero-order chi connectivity index (χ0) is 22.5. The highest BCUT2D eigenvalue weighted by Crippen LogP contribution is 2.30. The largest absolute Gasteiger partial charge is 0.496 e. The van der Waals surface area contributed by atoms with E-state index in [1.807, 2.05) is 36.4 Å². The van der Waals surface area contributed by atoms with Gasteiger partial charge in [0, 0.05) is 18.2 Å². The molecule has 164 valence electrons. The molecule has 0 saturated heterocycles. The van der Waals surface area contributed by atoms with E-state index >= 15 is 0 Å². The van der Waals surface area contributed by atoms with Gasteiger partial charge in [0.05, 0.1) is 37.3 Å². The summed E-state index contributed by atoms with van der Waals surface area (Å²) in [6.45, 7) is 0.175. The van der Waals surface area contributed by atoms with Crippen LogP contribution in [0.1, 0.15) is 12.2 Å². The monoisotopic (exact) mass is 451 g/mol. The van der Waals surface area contributed by atoms with Gasteiger partial charge in [0.2, 0.25) is 0 Å². The smallest absolute Gasteiger partial charge is 0.307 e. The Kier molecular flexibility index (Phi) is 6.55. The lowest BCUT2D eigenvalue weighted by Crippen LogP contribution is -2.24. The molecule has 0 spiro atoms. The predicted molar refractivity (Wildman–Crippen MR) is 121 cm³/mol. The number of hydrogen-bond donors (Lipinski definition) is 0. The Morgan fingerprint density at radius 1 is 1.12 bits per heavy atom. The summed E-state index contributed by atoms with van der Waals surface area (Å²) in [6.07, 6.45) is 0.0737. The van der Waals surface area contributed by atoms with Crippen LogP contribution in [0.2, 0.25) is 0 Å². The second kappa shape index (κ2) is 9.69. The van der Waals surface area contributed by atoms with Gasteiger partial charge in [-0.1, -0.05) is 41.2 Å². The Morgan fingerprint density at radius 2 is 1.91 bits per heavy atom. The van der Waals surface area contributed by atoms with Crippen molar-refractivity contribution in [2.75, 3.05) is 14.2 Å². The molecule has 0 amide bonds. The zero-order valence-corrected chi connectivity index (χ0v) is 18.4. The summed E-state index contributed by atoms with van der Waals surface area (Å²) in [6, 6.07) is 16.5. The lowest BCUT2D eigenvalue weighted by atomic mass is 10.1. The number of rotatable bonds is 8. The summed E-state index contributed by atoms with van der Waals surface area (Å²) < 4.78 is 17.1. The minimum Gasteiger partial charge on any atom is -0.496 e. The molecule has 8 nitrogen and oxygen atoms in total. The molecule has 0 atom stereocenters. The lowest BCUT2D eigenvalue weighted by molar-refractivity contribution is -0.140. The van der Waals surface area contributed by atoms with Crippen LogP contribution in [-0.4, -0.2) is 34.9 Å². The van der Waals surface area contributed by atoms with Crippen molar-refractivity contribution in [3.05, 3.63) is 70.7 Å². The number of benzene rings is 2. The van der Waals surface area contributed by atoms with Crippen molar-refractivity contribution in [1.29, 1.82) is 0 Å². The van der Waals surface area contributed by atoms with Crippen molar-refractivity contribution in [3.8, 4) is 17.0 Å². The molecule has 0 aliphatic carbocycles. The standard InChI is InChI=1S/C23H21N3O5S/c1-29-20-10-6-4-7-16(20)19-13-15(31-25-19)14-32-23-24-18-9-5-3-8-17(18)22(28)26(23)12-11-21(27)30-2/h3-10,13H,11-12,14H2,1-2H3. The molecule has 0 bridgehead atoms. The zero-order valence-electron chi connectivity index (χ0n) is 17.6. The summed E-state index contributed by atoms with van der Waals surface area (Å²) >= 11 is 1.34. The number of carbonyl (C=O) groups excluding carboxylic acids is 1. The first-order chi connectivity index (χ1) is 15.6. The highest BCUT2D eigenvalue weighted by atomic mass is 32.2. The Labute approximate surface area is 188 Å². The van der Waals surface area contributed by atoms with E-state index in [9.17, 15) is 9.59 Å². The molecule has 32 heavy (non-hydrogen) atoms. The van der Waals surface area contributed by atoms with Crippen LogP contribution in [0.3, 0.4) is 0 Å². The minimum atomic E-state index is -0.391. The van der Waals surface area contributed by atoms with Crippen LogP contribution in [0.15, 0.2) is 69.1 Å². The molecule has 2 heterocycles. The number of methoxy groups -OCH3 is 2. The molecule has 0 N–H and O–H groups in total. The first-order valence-electron chi connectivity index (χ1n) is 9.89. The van der Waals surface area contributed by atoms with E-state index in [-0.39, 0.29) is 18.5 Å². The van der Waals surface area contributed by atoms with E-state index in [1.54, 1.807) is 25.3 Å². The van der Waals surface area contributed by atoms with Gasteiger partial charge in [-0.15, -0.1) is 0 Å². The highest BCUT2D eigenvalue weighted by molar-refractivity contribution is 7.98. The molecular weight excluding hydrogens is 430 g/mol. The van der Waals surface area contributed by atoms with Gasteiger partial charge in [-0.05, 0) is 24.3 Å². The fourth-order valence-electron chi connectivity index (χ4n) is 3.26. The van der Waals surface area contributed by atoms with Crippen LogP contribution in [0, 0.1) is 0 Å². The van der Waals surface area contributed by atoms with Crippen LogP contribution in [0.5, 0.6) is 5.75 Å². The number of esters is 1. The van der Waals surface area contributed by atoms with E-state index in [0.717, 1.165) is 5.56 Å². The van der Waals surface area contributed by atoms with Crippen molar-refractivity contribution in [3.63, 3.8) is 0 Å². The third-order valence-electron chi connectivity index (χ3n) is 4.88. The number of nitrogens with zero attached hydrogens (tertiary/aromatic N) is 3. The topological polar surface area (TPSA) is 96.5 Å². The summed E-state index contributed by atoms with van der Waals surface area (Å²) in [7, 11) is 2.93. The molecule has 0 saturated carbocycles. The number of para-hydroxylation sites is 2. The molecule has 4 aromatic rings. The van der Waals surface area contributed by atoms with Gasteiger partial charge in [-0.2, -0.15) is 0 Å². The van der Waals surface area contributed by atoms with Crippen molar-refractivity contribution < 1.29 is 18.8 Å². The Morgan fingerprint density at radius 3 is 2.72 bits per heavy atom. The van der Waals surface area contributed by atoms with Gasteiger partial charge in [0.25, 0.3) is 5.56 Å². The van der Waals surface area contributed by atoms with Crippen molar-refractivity contribution in [1.82, 2.24) is 14.7 Å². The third-order valence-corrected chi connectivity index (χ3v) is 5.88. The molecule has 0 radical (unpaired) electrons.